The highest BCUT2D eigenvalue weighted by Crippen LogP contribution is 2.14. The second-order valence-corrected chi connectivity index (χ2v) is 4.95. The first kappa shape index (κ1) is 15.0. The van der Waals surface area contributed by atoms with Crippen molar-refractivity contribution >= 4 is 23.4 Å². The molecule has 0 amide bonds. The fraction of sp³-hybridized carbons (Fsp3) is 0.250. The Hall–Kier alpha value is -2.42. The van der Waals surface area contributed by atoms with Crippen LogP contribution in [0, 0.1) is 0 Å². The van der Waals surface area contributed by atoms with Crippen molar-refractivity contribution in [2.45, 2.75) is 18.6 Å². The number of Topliss-reactive ketones (excluding diaryl/α,β-unsaturated/α-hetero) is 1. The van der Waals surface area contributed by atoms with Crippen LogP contribution in [0.4, 0.5) is 5.82 Å². The number of nitrogens with one attached hydrogen (secondary N) is 1. The molecule has 0 spiro atoms. The molecule has 0 saturated heterocycles. The Morgan fingerprint density at radius 1 is 1.38 bits per heavy atom. The maximum absolute atomic E-state index is 12.1. The van der Waals surface area contributed by atoms with Crippen LogP contribution in [-0.4, -0.2) is 31.1 Å². The van der Waals surface area contributed by atoms with Gasteiger partial charge in [0, 0.05) is 18.9 Å². The number of hydrogen-bond donors (Lipinski definition) is 2. The van der Waals surface area contributed by atoms with E-state index in [1.807, 2.05) is 0 Å². The highest BCUT2D eigenvalue weighted by atomic mass is 32.2. The normalized spacial score (nSPS) is 10.5. The molecule has 0 radical (unpaired) electrons. The SMILES string of the molecule is CCn1c(N)c(C(=O)CSc2ncccn2)c(=O)[nH]c1=O. The molecule has 21 heavy (non-hydrogen) atoms. The Labute approximate surface area is 123 Å². The summed E-state index contributed by atoms with van der Waals surface area (Å²) in [5.41, 5.74) is 4.13. The predicted octanol–water partition coefficient (Wildman–Crippen LogP) is -0.0963. The monoisotopic (exact) mass is 307 g/mol. The zero-order chi connectivity index (χ0) is 15.4. The molecule has 0 fully saturated rings. The third-order valence-electron chi connectivity index (χ3n) is 2.71. The minimum Gasteiger partial charge on any atom is -0.384 e. The summed E-state index contributed by atoms with van der Waals surface area (Å²) in [4.78, 5) is 45.5. The molecular weight excluding hydrogens is 294 g/mol. The summed E-state index contributed by atoms with van der Waals surface area (Å²) in [6.07, 6.45) is 3.11. The number of H-pyrrole nitrogens is 1. The first-order valence-corrected chi connectivity index (χ1v) is 7.08. The van der Waals surface area contributed by atoms with Gasteiger partial charge in [0.15, 0.2) is 10.9 Å². The Kier molecular flexibility index (Phi) is 4.53. The Balaban J connectivity index is 2.28. The van der Waals surface area contributed by atoms with Gasteiger partial charge in [-0.3, -0.25) is 19.1 Å². The van der Waals surface area contributed by atoms with Gasteiger partial charge < -0.3 is 5.73 Å². The number of rotatable bonds is 5. The van der Waals surface area contributed by atoms with Gasteiger partial charge >= 0.3 is 5.69 Å². The number of aromatic nitrogens is 4. The molecule has 0 atom stereocenters. The maximum Gasteiger partial charge on any atom is 0.329 e. The minimum atomic E-state index is -0.776. The number of nitrogens with zero attached hydrogens (tertiary/aromatic N) is 3. The summed E-state index contributed by atoms with van der Waals surface area (Å²) in [7, 11) is 0. The molecule has 0 aliphatic heterocycles. The van der Waals surface area contributed by atoms with Gasteiger partial charge in [-0.2, -0.15) is 0 Å². The van der Waals surface area contributed by atoms with E-state index >= 15 is 0 Å². The highest BCUT2D eigenvalue weighted by molar-refractivity contribution is 7.99. The summed E-state index contributed by atoms with van der Waals surface area (Å²) in [5.74, 6) is -0.640. The van der Waals surface area contributed by atoms with E-state index in [0.29, 0.717) is 5.16 Å². The summed E-state index contributed by atoms with van der Waals surface area (Å²) in [6, 6.07) is 1.66. The van der Waals surface area contributed by atoms with E-state index < -0.39 is 17.0 Å². The second-order valence-electron chi connectivity index (χ2n) is 4.01. The van der Waals surface area contributed by atoms with Crippen molar-refractivity contribution < 1.29 is 4.79 Å². The van der Waals surface area contributed by atoms with Crippen LogP contribution in [-0.2, 0) is 6.54 Å². The molecule has 0 aromatic carbocycles. The molecule has 2 heterocycles. The van der Waals surface area contributed by atoms with Crippen LogP contribution in [0.1, 0.15) is 17.3 Å². The van der Waals surface area contributed by atoms with E-state index in [9.17, 15) is 14.4 Å². The lowest BCUT2D eigenvalue weighted by molar-refractivity contribution is 0.102. The molecule has 3 N–H and O–H groups in total. The number of carbonyl (C=O) groups is 1. The van der Waals surface area contributed by atoms with Crippen molar-refractivity contribution in [2.24, 2.45) is 0 Å². The summed E-state index contributed by atoms with van der Waals surface area (Å²) in [6.45, 7) is 1.95. The number of ketones is 1. The van der Waals surface area contributed by atoms with Crippen molar-refractivity contribution in [1.29, 1.82) is 0 Å². The van der Waals surface area contributed by atoms with Gasteiger partial charge in [0.25, 0.3) is 5.56 Å². The van der Waals surface area contributed by atoms with E-state index in [0.717, 1.165) is 16.3 Å². The quantitative estimate of drug-likeness (QED) is 0.449. The topological polar surface area (TPSA) is 124 Å². The van der Waals surface area contributed by atoms with Crippen LogP contribution in [0.5, 0.6) is 0 Å². The standard InChI is InChI=1S/C12H13N5O3S/c1-2-17-9(13)8(10(19)16-12(17)20)7(18)6-21-11-14-4-3-5-15-11/h3-5H,2,6,13H2,1H3,(H,16,19,20). The molecule has 0 aliphatic rings. The average molecular weight is 307 g/mol. The van der Waals surface area contributed by atoms with Gasteiger partial charge in [0.2, 0.25) is 0 Å². The van der Waals surface area contributed by atoms with Crippen molar-refractivity contribution in [1.82, 2.24) is 19.5 Å². The van der Waals surface area contributed by atoms with E-state index in [1.165, 1.54) is 0 Å². The van der Waals surface area contributed by atoms with Gasteiger partial charge in [-0.15, -0.1) is 0 Å². The maximum atomic E-state index is 12.1. The van der Waals surface area contributed by atoms with Crippen molar-refractivity contribution in [3.63, 3.8) is 0 Å². The largest absolute Gasteiger partial charge is 0.384 e. The molecular formula is C12H13N5O3S. The number of hydrogen-bond acceptors (Lipinski definition) is 7. The Morgan fingerprint density at radius 2 is 2.05 bits per heavy atom. The van der Waals surface area contributed by atoms with Crippen LogP contribution in [0.3, 0.4) is 0 Å². The van der Waals surface area contributed by atoms with Gasteiger partial charge in [0.05, 0.1) is 5.75 Å². The lowest BCUT2D eigenvalue weighted by atomic mass is 10.2. The molecule has 0 unspecified atom stereocenters. The first-order valence-electron chi connectivity index (χ1n) is 6.10. The Morgan fingerprint density at radius 3 is 2.67 bits per heavy atom. The van der Waals surface area contributed by atoms with Crippen LogP contribution in [0.25, 0.3) is 0 Å². The zero-order valence-corrected chi connectivity index (χ0v) is 12.0. The number of anilines is 1. The lowest BCUT2D eigenvalue weighted by Gasteiger charge is -2.09. The molecule has 0 saturated carbocycles. The van der Waals surface area contributed by atoms with Gasteiger partial charge in [0.1, 0.15) is 11.4 Å². The molecule has 0 bridgehead atoms. The highest BCUT2D eigenvalue weighted by Gasteiger charge is 2.19. The minimum absolute atomic E-state index is 0.0424. The van der Waals surface area contributed by atoms with Crippen molar-refractivity contribution in [3.05, 3.63) is 44.9 Å². The molecule has 0 aliphatic carbocycles. The fourth-order valence-corrected chi connectivity index (χ4v) is 2.41. The van der Waals surface area contributed by atoms with Gasteiger partial charge in [-0.05, 0) is 13.0 Å². The van der Waals surface area contributed by atoms with E-state index in [-0.39, 0.29) is 23.7 Å². The van der Waals surface area contributed by atoms with Gasteiger partial charge in [-0.1, -0.05) is 11.8 Å². The number of thioether (sulfide) groups is 1. The predicted molar refractivity (Wildman–Crippen MR) is 78.5 cm³/mol. The first-order chi connectivity index (χ1) is 10.0. The van der Waals surface area contributed by atoms with Crippen molar-refractivity contribution in [2.75, 3.05) is 11.5 Å². The number of nitrogens with two attached hydrogens (primary N) is 1. The second kappa shape index (κ2) is 6.35. The molecule has 2 aromatic heterocycles. The third-order valence-corrected chi connectivity index (χ3v) is 3.58. The van der Waals surface area contributed by atoms with Crippen LogP contribution < -0.4 is 17.0 Å². The van der Waals surface area contributed by atoms with Crippen LogP contribution in [0.2, 0.25) is 0 Å². The van der Waals surface area contributed by atoms with E-state index in [4.69, 9.17) is 5.73 Å². The summed E-state index contributed by atoms with van der Waals surface area (Å²) in [5, 5.41) is 0.421. The lowest BCUT2D eigenvalue weighted by Crippen LogP contribution is -2.36. The van der Waals surface area contributed by atoms with Crippen molar-refractivity contribution in [3.8, 4) is 0 Å². The zero-order valence-electron chi connectivity index (χ0n) is 11.2. The summed E-state index contributed by atoms with van der Waals surface area (Å²) >= 11 is 1.09. The third kappa shape index (κ3) is 3.19. The molecule has 110 valence electrons. The Bertz CT molecular complexity index is 769. The fourth-order valence-electron chi connectivity index (χ4n) is 1.73. The van der Waals surface area contributed by atoms with Crippen LogP contribution in [0.15, 0.2) is 33.2 Å². The number of carbonyl (C=O) groups excluding carboxylic acids is 1. The van der Waals surface area contributed by atoms with Crippen LogP contribution >= 0.6 is 11.8 Å². The number of aromatic amines is 1. The average Bonchev–Trinajstić information content (AvgIpc) is 2.46. The molecule has 9 heteroatoms. The molecule has 2 rings (SSSR count). The number of nitrogen functional groups attached to an aromatic ring is 1. The summed E-state index contributed by atoms with van der Waals surface area (Å²) < 4.78 is 1.14. The molecule has 8 nitrogen and oxygen atoms in total. The van der Waals surface area contributed by atoms with Gasteiger partial charge in [-0.25, -0.2) is 14.8 Å². The molecule has 2 aromatic rings. The smallest absolute Gasteiger partial charge is 0.329 e. The van der Waals surface area contributed by atoms with E-state index in [2.05, 4.69) is 15.0 Å². The van der Waals surface area contributed by atoms with E-state index in [1.54, 1.807) is 25.4 Å².